The minimum atomic E-state index is -1.46. The summed E-state index contributed by atoms with van der Waals surface area (Å²) in [5, 5.41) is 0. The van der Waals surface area contributed by atoms with E-state index in [-0.39, 0.29) is 0 Å². The fraction of sp³-hybridized carbons (Fsp3) is 0.579. The van der Waals surface area contributed by atoms with Gasteiger partial charge in [-0.2, -0.15) is 0 Å². The van der Waals surface area contributed by atoms with Crippen LogP contribution < -0.4 is 0 Å². The smallest absolute Gasteiger partial charge is 0.187 e. The molecule has 1 aromatic rings. The molecule has 21 heavy (non-hydrogen) atoms. The van der Waals surface area contributed by atoms with Gasteiger partial charge in [0.05, 0.1) is 0 Å². The van der Waals surface area contributed by atoms with Gasteiger partial charge in [-0.15, -0.1) is 0 Å². The molecule has 1 aromatic carbocycles. The first-order valence-corrected chi connectivity index (χ1v) is 11.4. The van der Waals surface area contributed by atoms with E-state index >= 15 is 0 Å². The maximum atomic E-state index is 6.09. The zero-order valence-electron chi connectivity index (χ0n) is 14.4. The third-order valence-corrected chi connectivity index (χ3v) is 6.27. The van der Waals surface area contributed by atoms with Crippen LogP contribution in [0, 0.1) is 5.92 Å². The van der Waals surface area contributed by atoms with Crippen LogP contribution in [0.1, 0.15) is 39.2 Å². The Balaban J connectivity index is 2.24. The van der Waals surface area contributed by atoms with Crippen LogP contribution in [-0.4, -0.2) is 14.4 Å². The molecule has 0 fully saturated rings. The molecule has 0 aliphatic carbocycles. The van der Waals surface area contributed by atoms with Crippen molar-refractivity contribution in [2.75, 3.05) is 0 Å². The molecule has 2 heteroatoms. The van der Waals surface area contributed by atoms with Crippen molar-refractivity contribution in [3.05, 3.63) is 48.0 Å². The van der Waals surface area contributed by atoms with Crippen molar-refractivity contribution in [1.29, 1.82) is 0 Å². The van der Waals surface area contributed by atoms with E-state index in [9.17, 15) is 0 Å². The van der Waals surface area contributed by atoms with E-state index in [0.717, 1.165) is 12.8 Å². The lowest BCUT2D eigenvalue weighted by Crippen LogP contribution is -2.33. The average molecular weight is 305 g/mol. The Morgan fingerprint density at radius 1 is 1.10 bits per heavy atom. The van der Waals surface area contributed by atoms with E-state index < -0.39 is 8.32 Å². The zero-order valence-corrected chi connectivity index (χ0v) is 15.4. The average Bonchev–Trinajstić information content (AvgIpc) is 2.41. The SMILES string of the molecule is CC(/C=C/CCc1ccccc1)CC[Si](C)(C)OC(C)C. The summed E-state index contributed by atoms with van der Waals surface area (Å²) in [5.74, 6) is 0.656. The van der Waals surface area contributed by atoms with Crippen molar-refractivity contribution in [1.82, 2.24) is 0 Å². The molecule has 1 unspecified atom stereocenters. The van der Waals surface area contributed by atoms with Crippen molar-refractivity contribution in [3.8, 4) is 0 Å². The monoisotopic (exact) mass is 304 g/mol. The summed E-state index contributed by atoms with van der Waals surface area (Å²) in [6.07, 6.45) is 8.60. The standard InChI is InChI=1S/C19H32OSi/c1-17(2)20-21(4,5)16-15-18(3)11-9-10-14-19-12-7-6-8-13-19/h6-9,11-13,17-18H,10,14-16H2,1-5H3/b11-9+. The van der Waals surface area contributed by atoms with Crippen LogP contribution in [0.3, 0.4) is 0 Å². The van der Waals surface area contributed by atoms with E-state index in [1.54, 1.807) is 0 Å². The maximum Gasteiger partial charge on any atom is 0.187 e. The molecular formula is C19H32OSi. The van der Waals surface area contributed by atoms with Gasteiger partial charge in [-0.25, -0.2) is 0 Å². The summed E-state index contributed by atoms with van der Waals surface area (Å²) in [4.78, 5) is 0. The second-order valence-corrected chi connectivity index (χ2v) is 11.1. The summed E-state index contributed by atoms with van der Waals surface area (Å²) in [6.45, 7) is 11.3. The Morgan fingerprint density at radius 2 is 1.76 bits per heavy atom. The summed E-state index contributed by atoms with van der Waals surface area (Å²) in [7, 11) is -1.46. The molecule has 0 aliphatic heterocycles. The molecule has 0 N–H and O–H groups in total. The predicted molar refractivity (Wildman–Crippen MR) is 96.2 cm³/mol. The minimum Gasteiger partial charge on any atom is -0.415 e. The number of hydrogen-bond donors (Lipinski definition) is 0. The van der Waals surface area contributed by atoms with Crippen LogP contribution in [0.4, 0.5) is 0 Å². The Bertz CT molecular complexity index is 409. The largest absolute Gasteiger partial charge is 0.415 e. The van der Waals surface area contributed by atoms with Crippen molar-refractivity contribution >= 4 is 8.32 Å². The first kappa shape index (κ1) is 18.2. The molecule has 0 spiro atoms. The minimum absolute atomic E-state index is 0.364. The molecule has 0 aliphatic rings. The third kappa shape index (κ3) is 8.89. The second kappa shape index (κ2) is 9.21. The molecule has 0 heterocycles. The van der Waals surface area contributed by atoms with Crippen molar-refractivity contribution < 1.29 is 4.43 Å². The molecule has 0 amide bonds. The van der Waals surface area contributed by atoms with E-state index in [0.29, 0.717) is 12.0 Å². The first-order chi connectivity index (χ1) is 9.89. The number of allylic oxidation sites excluding steroid dienone is 2. The van der Waals surface area contributed by atoms with Gasteiger partial charge in [-0.1, -0.05) is 49.4 Å². The normalized spacial score (nSPS) is 14.0. The summed E-state index contributed by atoms with van der Waals surface area (Å²) < 4.78 is 6.09. The highest BCUT2D eigenvalue weighted by Crippen LogP contribution is 2.20. The van der Waals surface area contributed by atoms with Gasteiger partial charge in [0, 0.05) is 6.10 Å². The molecule has 1 rings (SSSR count). The first-order valence-electron chi connectivity index (χ1n) is 8.27. The molecule has 0 bridgehead atoms. The van der Waals surface area contributed by atoms with Crippen molar-refractivity contribution in [3.63, 3.8) is 0 Å². The van der Waals surface area contributed by atoms with Crippen LogP contribution in [0.15, 0.2) is 42.5 Å². The predicted octanol–water partition coefficient (Wildman–Crippen LogP) is 5.83. The number of rotatable bonds is 9. The fourth-order valence-corrected chi connectivity index (χ4v) is 5.14. The third-order valence-electron chi connectivity index (χ3n) is 3.66. The van der Waals surface area contributed by atoms with Crippen molar-refractivity contribution in [2.24, 2.45) is 5.92 Å². The fourth-order valence-electron chi connectivity index (χ4n) is 2.59. The summed E-state index contributed by atoms with van der Waals surface area (Å²) in [5.41, 5.74) is 1.42. The van der Waals surface area contributed by atoms with E-state index in [4.69, 9.17) is 4.43 Å². The van der Waals surface area contributed by atoms with Crippen molar-refractivity contribution in [2.45, 2.75) is 65.3 Å². The lowest BCUT2D eigenvalue weighted by molar-refractivity contribution is 0.230. The zero-order chi connectivity index (χ0) is 15.7. The van der Waals surface area contributed by atoms with Gasteiger partial charge < -0.3 is 4.43 Å². The van der Waals surface area contributed by atoms with E-state index in [1.165, 1.54) is 18.0 Å². The van der Waals surface area contributed by atoms with Gasteiger partial charge in [0.25, 0.3) is 0 Å². The highest BCUT2D eigenvalue weighted by Gasteiger charge is 2.23. The quantitative estimate of drug-likeness (QED) is 0.412. The van der Waals surface area contributed by atoms with Crippen LogP contribution in [0.5, 0.6) is 0 Å². The number of hydrogen-bond acceptors (Lipinski definition) is 1. The lowest BCUT2D eigenvalue weighted by Gasteiger charge is -2.26. The molecule has 1 atom stereocenters. The number of aryl methyl sites for hydroxylation is 1. The van der Waals surface area contributed by atoms with Gasteiger partial charge >= 0.3 is 0 Å². The van der Waals surface area contributed by atoms with Gasteiger partial charge in [0.2, 0.25) is 0 Å². The van der Waals surface area contributed by atoms with Gasteiger partial charge in [-0.3, -0.25) is 0 Å². The molecule has 0 aromatic heterocycles. The van der Waals surface area contributed by atoms with E-state index in [1.807, 2.05) is 0 Å². The Hall–Kier alpha value is -0.863. The molecule has 118 valence electrons. The van der Waals surface area contributed by atoms with Crippen LogP contribution in [0.2, 0.25) is 19.1 Å². The topological polar surface area (TPSA) is 9.23 Å². The molecule has 1 nitrogen and oxygen atoms in total. The maximum absolute atomic E-state index is 6.09. The molecular weight excluding hydrogens is 272 g/mol. The Morgan fingerprint density at radius 3 is 2.38 bits per heavy atom. The summed E-state index contributed by atoms with van der Waals surface area (Å²) >= 11 is 0. The van der Waals surface area contributed by atoms with Crippen LogP contribution in [0.25, 0.3) is 0 Å². The van der Waals surface area contributed by atoms with E-state index in [2.05, 4.69) is 76.3 Å². The van der Waals surface area contributed by atoms with Gasteiger partial charge in [-0.05, 0) is 63.7 Å². The Labute approximate surface area is 132 Å². The van der Waals surface area contributed by atoms with Gasteiger partial charge in [0.15, 0.2) is 8.32 Å². The summed E-state index contributed by atoms with van der Waals surface area (Å²) in [6, 6.07) is 12.0. The van der Waals surface area contributed by atoms with Crippen LogP contribution >= 0.6 is 0 Å². The molecule has 0 saturated carbocycles. The molecule has 0 radical (unpaired) electrons. The van der Waals surface area contributed by atoms with Crippen LogP contribution in [-0.2, 0) is 10.8 Å². The highest BCUT2D eigenvalue weighted by atomic mass is 28.4. The molecule has 0 saturated heterocycles. The highest BCUT2D eigenvalue weighted by molar-refractivity contribution is 6.71. The second-order valence-electron chi connectivity index (χ2n) is 6.89. The number of benzene rings is 1. The lowest BCUT2D eigenvalue weighted by atomic mass is 10.1. The van der Waals surface area contributed by atoms with Gasteiger partial charge in [0.1, 0.15) is 0 Å². The Kier molecular flexibility index (Phi) is 7.98.